The molecule has 0 aromatic heterocycles. The number of halogens is 1. The minimum absolute atomic E-state index is 0.117. The minimum Gasteiger partial charge on any atom is -0.508 e. The van der Waals surface area contributed by atoms with Gasteiger partial charge in [0.25, 0.3) is 10.1 Å². The summed E-state index contributed by atoms with van der Waals surface area (Å²) in [5.74, 6) is -0.117. The van der Waals surface area contributed by atoms with Crippen LogP contribution < -0.4 is 0 Å². The zero-order valence-corrected chi connectivity index (χ0v) is 11.1. The first-order valence-electron chi connectivity index (χ1n) is 4.51. The molecule has 86 valence electrons. The highest BCUT2D eigenvalue weighted by Gasteiger charge is 2.45. The highest BCUT2D eigenvalue weighted by atomic mass is 127. The Morgan fingerprint density at radius 1 is 1.38 bits per heavy atom. The van der Waals surface area contributed by atoms with E-state index in [0.717, 1.165) is 0 Å². The molecule has 6 heteroatoms. The molecule has 0 bridgehead atoms. The van der Waals surface area contributed by atoms with Gasteiger partial charge in [-0.05, 0) is 11.6 Å². The van der Waals surface area contributed by atoms with E-state index in [-0.39, 0.29) is 17.7 Å². The predicted octanol–water partition coefficient (Wildman–Crippen LogP) is 2.28. The van der Waals surface area contributed by atoms with E-state index in [1.165, 1.54) is 6.07 Å². The fourth-order valence-corrected chi connectivity index (χ4v) is 3.41. The summed E-state index contributed by atoms with van der Waals surface area (Å²) < 4.78 is 30.6. The Labute approximate surface area is 107 Å². The number of aromatic hydroxyl groups is 1. The first kappa shape index (κ1) is 11.9. The molecule has 0 fully saturated rings. The van der Waals surface area contributed by atoms with Crippen LogP contribution in [0.5, 0.6) is 5.75 Å². The summed E-state index contributed by atoms with van der Waals surface area (Å²) in [6.07, 6.45) is 3.54. The normalized spacial score (nSPS) is 24.1. The summed E-state index contributed by atoms with van der Waals surface area (Å²) in [5, 5.41) is 9.74. The molecule has 0 amide bonds. The van der Waals surface area contributed by atoms with Crippen LogP contribution >= 0.6 is 22.6 Å². The molecule has 1 aliphatic carbocycles. The maximum absolute atomic E-state index is 11.4. The van der Waals surface area contributed by atoms with Crippen LogP contribution in [-0.4, -0.2) is 18.1 Å². The third-order valence-corrected chi connectivity index (χ3v) is 6.37. The van der Waals surface area contributed by atoms with Crippen molar-refractivity contribution in [2.75, 3.05) is 0 Å². The second-order valence-corrected chi connectivity index (χ2v) is 7.77. The molecule has 1 atom stereocenters. The smallest absolute Gasteiger partial charge is 0.284 e. The molecule has 1 unspecified atom stereocenters. The molecular formula is C10H9IO4S. The Balaban J connectivity index is 2.79. The van der Waals surface area contributed by atoms with Crippen LogP contribution in [0.4, 0.5) is 0 Å². The van der Waals surface area contributed by atoms with Crippen molar-refractivity contribution in [2.45, 2.75) is 9.17 Å². The van der Waals surface area contributed by atoms with E-state index in [1.807, 2.05) is 0 Å². The third kappa shape index (κ3) is 1.64. The largest absolute Gasteiger partial charge is 0.508 e. The van der Waals surface area contributed by atoms with Gasteiger partial charge in [0.2, 0.25) is 0 Å². The van der Waals surface area contributed by atoms with Gasteiger partial charge in [-0.1, -0.05) is 46.9 Å². The van der Waals surface area contributed by atoms with Gasteiger partial charge >= 0.3 is 0 Å². The lowest BCUT2D eigenvalue weighted by atomic mass is 9.96. The Kier molecular flexibility index (Phi) is 2.75. The fourth-order valence-electron chi connectivity index (χ4n) is 1.78. The molecular weight excluding hydrogens is 343 g/mol. The lowest BCUT2D eigenvalue weighted by Gasteiger charge is -2.28. The van der Waals surface area contributed by atoms with E-state index >= 15 is 0 Å². The van der Waals surface area contributed by atoms with Gasteiger partial charge in [0.15, 0.2) is 2.75 Å². The van der Waals surface area contributed by atoms with Crippen LogP contribution in [0.15, 0.2) is 24.3 Å². The average molecular weight is 352 g/mol. The van der Waals surface area contributed by atoms with Gasteiger partial charge in [-0.3, -0.25) is 4.55 Å². The maximum Gasteiger partial charge on any atom is 0.284 e. The number of hydrogen-bond donors (Lipinski definition) is 2. The third-order valence-electron chi connectivity index (χ3n) is 2.53. The van der Waals surface area contributed by atoms with Crippen LogP contribution in [0.3, 0.4) is 0 Å². The molecule has 1 aromatic rings. The lowest BCUT2D eigenvalue weighted by Crippen LogP contribution is -2.30. The minimum atomic E-state index is -4.29. The lowest BCUT2D eigenvalue weighted by molar-refractivity contribution is 0.445. The van der Waals surface area contributed by atoms with Crippen molar-refractivity contribution in [1.82, 2.24) is 0 Å². The number of fused-ring (bicyclic) bond motifs is 1. The Morgan fingerprint density at radius 2 is 2.06 bits per heavy atom. The molecule has 1 aliphatic rings. The van der Waals surface area contributed by atoms with Crippen molar-refractivity contribution in [3.8, 4) is 5.75 Å². The van der Waals surface area contributed by atoms with Gasteiger partial charge in [0, 0.05) is 12.0 Å². The molecule has 2 N–H and O–H groups in total. The van der Waals surface area contributed by atoms with Crippen LogP contribution in [0.1, 0.15) is 17.5 Å². The van der Waals surface area contributed by atoms with Gasteiger partial charge in [-0.2, -0.15) is 8.42 Å². The van der Waals surface area contributed by atoms with Crippen molar-refractivity contribution in [1.29, 1.82) is 0 Å². The van der Waals surface area contributed by atoms with E-state index in [4.69, 9.17) is 0 Å². The average Bonchev–Trinajstić information content (AvgIpc) is 2.16. The Morgan fingerprint density at radius 3 is 2.69 bits per heavy atom. The van der Waals surface area contributed by atoms with Crippen molar-refractivity contribution in [3.63, 3.8) is 0 Å². The van der Waals surface area contributed by atoms with Crippen LogP contribution in [-0.2, 0) is 12.9 Å². The van der Waals surface area contributed by atoms with E-state index in [9.17, 15) is 18.1 Å². The molecule has 0 saturated heterocycles. The van der Waals surface area contributed by atoms with Gasteiger partial charge in [0.05, 0.1) is 0 Å². The van der Waals surface area contributed by atoms with Crippen molar-refractivity contribution >= 4 is 38.8 Å². The fraction of sp³-hybridized carbons (Fsp3) is 0.200. The summed E-state index contributed by atoms with van der Waals surface area (Å²) in [6, 6.07) is 4.74. The predicted molar refractivity (Wildman–Crippen MR) is 69.0 cm³/mol. The summed E-state index contributed by atoms with van der Waals surface area (Å²) in [5.41, 5.74) is 0.860. The van der Waals surface area contributed by atoms with E-state index in [1.54, 1.807) is 46.9 Å². The van der Waals surface area contributed by atoms with Crippen LogP contribution in [0.2, 0.25) is 0 Å². The quantitative estimate of drug-likeness (QED) is 0.462. The monoisotopic (exact) mass is 352 g/mol. The number of allylic oxidation sites excluding steroid dienone is 1. The number of benzene rings is 1. The molecule has 2 rings (SSSR count). The molecule has 0 saturated carbocycles. The number of phenolic OH excluding ortho intramolecular Hbond substituents is 1. The summed E-state index contributed by atoms with van der Waals surface area (Å²) in [6.45, 7) is 0. The van der Waals surface area contributed by atoms with Crippen molar-refractivity contribution < 1.29 is 18.1 Å². The SMILES string of the molecule is O=S(=O)(O)C1(I)CC=Cc2cccc(O)c21. The van der Waals surface area contributed by atoms with E-state index < -0.39 is 12.9 Å². The number of phenols is 1. The van der Waals surface area contributed by atoms with Gasteiger partial charge in [0.1, 0.15) is 5.75 Å². The molecule has 0 radical (unpaired) electrons. The summed E-state index contributed by atoms with van der Waals surface area (Å²) in [4.78, 5) is 0. The summed E-state index contributed by atoms with van der Waals surface area (Å²) >= 11 is 1.66. The zero-order chi connectivity index (χ0) is 12.0. The molecule has 0 aliphatic heterocycles. The second-order valence-electron chi connectivity index (χ2n) is 3.55. The number of rotatable bonds is 1. The second kappa shape index (κ2) is 3.71. The van der Waals surface area contributed by atoms with Gasteiger partial charge in [-0.15, -0.1) is 0 Å². The standard InChI is InChI=1S/C10H9IO4S/c11-10(16(13,14)15)6-2-4-7-3-1-5-8(12)9(7)10/h1-5,12H,6H2,(H,13,14,15). The van der Waals surface area contributed by atoms with Crippen molar-refractivity contribution in [3.05, 3.63) is 35.4 Å². The van der Waals surface area contributed by atoms with Crippen LogP contribution in [0, 0.1) is 0 Å². The highest BCUT2D eigenvalue weighted by molar-refractivity contribution is 14.1. The maximum atomic E-state index is 11.4. The highest BCUT2D eigenvalue weighted by Crippen LogP contribution is 2.48. The Hall–Kier alpha value is -0.600. The molecule has 16 heavy (non-hydrogen) atoms. The first-order chi connectivity index (χ1) is 7.36. The van der Waals surface area contributed by atoms with E-state index in [0.29, 0.717) is 5.56 Å². The number of alkyl halides is 1. The van der Waals surface area contributed by atoms with Crippen molar-refractivity contribution in [2.24, 2.45) is 0 Å². The summed E-state index contributed by atoms with van der Waals surface area (Å²) in [7, 11) is -4.29. The van der Waals surface area contributed by atoms with Gasteiger partial charge in [-0.25, -0.2) is 0 Å². The zero-order valence-electron chi connectivity index (χ0n) is 8.09. The van der Waals surface area contributed by atoms with Gasteiger partial charge < -0.3 is 5.11 Å². The molecule has 0 spiro atoms. The molecule has 0 heterocycles. The Bertz CT molecular complexity index is 564. The van der Waals surface area contributed by atoms with Crippen LogP contribution in [0.25, 0.3) is 6.08 Å². The first-order valence-corrected chi connectivity index (χ1v) is 7.03. The van der Waals surface area contributed by atoms with E-state index in [2.05, 4.69) is 0 Å². The topological polar surface area (TPSA) is 74.6 Å². The number of hydrogen-bond acceptors (Lipinski definition) is 3. The molecule has 1 aromatic carbocycles. The molecule has 4 nitrogen and oxygen atoms in total.